The minimum absolute atomic E-state index is 0.523. The molecule has 0 amide bonds. The summed E-state index contributed by atoms with van der Waals surface area (Å²) in [6, 6.07) is 1.19. The van der Waals surface area contributed by atoms with Crippen LogP contribution in [0.2, 0.25) is 0 Å². The molecule has 1 fully saturated rings. The summed E-state index contributed by atoms with van der Waals surface area (Å²) in [6.07, 6.45) is 5.18. The van der Waals surface area contributed by atoms with Gasteiger partial charge in [-0.15, -0.1) is 0 Å². The van der Waals surface area contributed by atoms with Crippen LogP contribution in [0.4, 0.5) is 0 Å². The molecule has 17 heavy (non-hydrogen) atoms. The highest BCUT2D eigenvalue weighted by Crippen LogP contribution is 2.37. The van der Waals surface area contributed by atoms with E-state index in [1.165, 1.54) is 36.6 Å². The Balaban J connectivity index is 1.91. The summed E-state index contributed by atoms with van der Waals surface area (Å²) in [5, 5.41) is 4.88. The molecule has 0 aromatic rings. The second-order valence-electron chi connectivity index (χ2n) is 6.63. The predicted molar refractivity (Wildman–Crippen MR) is 77.7 cm³/mol. The smallest absolute Gasteiger partial charge is 0.157 e. The van der Waals surface area contributed by atoms with E-state index in [4.69, 9.17) is 4.99 Å². The summed E-state index contributed by atoms with van der Waals surface area (Å²) in [7, 11) is 0. The first-order valence-electron chi connectivity index (χ1n) is 6.93. The third-order valence-electron chi connectivity index (χ3n) is 4.00. The molecule has 0 aromatic heterocycles. The van der Waals surface area contributed by atoms with Crippen molar-refractivity contribution in [2.24, 2.45) is 16.3 Å². The van der Waals surface area contributed by atoms with E-state index >= 15 is 0 Å². The van der Waals surface area contributed by atoms with Crippen molar-refractivity contribution in [3.05, 3.63) is 0 Å². The Morgan fingerprint density at radius 2 is 2.12 bits per heavy atom. The molecule has 1 aliphatic carbocycles. The molecule has 2 atom stereocenters. The van der Waals surface area contributed by atoms with Gasteiger partial charge in [0.2, 0.25) is 0 Å². The van der Waals surface area contributed by atoms with E-state index in [-0.39, 0.29) is 0 Å². The maximum atomic E-state index is 4.86. The van der Waals surface area contributed by atoms with Gasteiger partial charge in [-0.1, -0.05) is 39.5 Å². The van der Waals surface area contributed by atoms with Crippen molar-refractivity contribution >= 4 is 16.9 Å². The standard InChI is InChI=1S/C14H26N2S/c1-10(2)12-6-8-17-13(16-12)15-11-5-7-14(3,4)9-11/h10-12H,5-9H2,1-4H3,(H,15,16). The molecule has 3 heteroatoms. The molecule has 98 valence electrons. The maximum absolute atomic E-state index is 4.86. The zero-order chi connectivity index (χ0) is 12.5. The number of nitrogens with zero attached hydrogens (tertiary/aromatic N) is 1. The SMILES string of the molecule is CC(C)C1CCSC(NC2CCC(C)(C)C2)=N1. The molecule has 2 nitrogen and oxygen atoms in total. The second-order valence-corrected chi connectivity index (χ2v) is 7.71. The van der Waals surface area contributed by atoms with Gasteiger partial charge in [0.15, 0.2) is 5.17 Å². The summed E-state index contributed by atoms with van der Waals surface area (Å²) in [5.41, 5.74) is 0.523. The highest BCUT2D eigenvalue weighted by atomic mass is 32.2. The molecule has 0 spiro atoms. The van der Waals surface area contributed by atoms with E-state index in [9.17, 15) is 0 Å². The fourth-order valence-corrected chi connectivity index (χ4v) is 3.84. The molecule has 1 aliphatic heterocycles. The van der Waals surface area contributed by atoms with Crippen LogP contribution >= 0.6 is 11.8 Å². The number of nitrogens with one attached hydrogen (secondary N) is 1. The van der Waals surface area contributed by atoms with Crippen LogP contribution in [0.15, 0.2) is 4.99 Å². The van der Waals surface area contributed by atoms with Crippen molar-refractivity contribution in [1.29, 1.82) is 0 Å². The van der Waals surface area contributed by atoms with E-state index in [0.717, 1.165) is 0 Å². The maximum Gasteiger partial charge on any atom is 0.157 e. The van der Waals surface area contributed by atoms with Crippen LogP contribution in [0.5, 0.6) is 0 Å². The van der Waals surface area contributed by atoms with E-state index in [1.54, 1.807) is 0 Å². The van der Waals surface area contributed by atoms with Crippen LogP contribution in [-0.4, -0.2) is 23.0 Å². The number of aliphatic imine (C=N–C) groups is 1. The molecule has 0 bridgehead atoms. The van der Waals surface area contributed by atoms with Crippen LogP contribution in [0.3, 0.4) is 0 Å². The number of rotatable bonds is 2. The Kier molecular flexibility index (Phi) is 4.06. The zero-order valence-electron chi connectivity index (χ0n) is 11.6. The Labute approximate surface area is 110 Å². The van der Waals surface area contributed by atoms with Crippen LogP contribution in [-0.2, 0) is 0 Å². The van der Waals surface area contributed by atoms with Gasteiger partial charge >= 0.3 is 0 Å². The third-order valence-corrected chi connectivity index (χ3v) is 4.94. The second kappa shape index (κ2) is 5.21. The quantitative estimate of drug-likeness (QED) is 0.813. The number of hydrogen-bond acceptors (Lipinski definition) is 3. The fraction of sp³-hybridized carbons (Fsp3) is 0.929. The van der Waals surface area contributed by atoms with Gasteiger partial charge in [0.05, 0.1) is 6.04 Å². The molecule has 1 heterocycles. The highest BCUT2D eigenvalue weighted by molar-refractivity contribution is 8.13. The number of thioether (sulfide) groups is 1. The summed E-state index contributed by atoms with van der Waals surface area (Å²) >= 11 is 1.91. The Bertz CT molecular complexity index is 297. The molecule has 2 unspecified atom stereocenters. The Hall–Kier alpha value is -0.180. The lowest BCUT2D eigenvalue weighted by Crippen LogP contribution is -2.35. The van der Waals surface area contributed by atoms with Gasteiger partial charge in [-0.05, 0) is 37.0 Å². The minimum Gasteiger partial charge on any atom is -0.362 e. The first-order valence-corrected chi connectivity index (χ1v) is 7.92. The predicted octanol–water partition coefficient (Wildman–Crippen LogP) is 3.67. The molecular weight excluding hydrogens is 228 g/mol. The van der Waals surface area contributed by atoms with Crippen LogP contribution < -0.4 is 5.32 Å². The molecule has 0 radical (unpaired) electrons. The van der Waals surface area contributed by atoms with Gasteiger partial charge in [-0.2, -0.15) is 0 Å². The first kappa shape index (κ1) is 13.3. The minimum atomic E-state index is 0.523. The van der Waals surface area contributed by atoms with E-state index in [1.807, 2.05) is 11.8 Å². The fourth-order valence-electron chi connectivity index (χ4n) is 2.82. The lowest BCUT2D eigenvalue weighted by Gasteiger charge is -2.25. The first-order chi connectivity index (χ1) is 7.96. The van der Waals surface area contributed by atoms with Crippen molar-refractivity contribution in [3.63, 3.8) is 0 Å². The molecule has 1 N–H and O–H groups in total. The van der Waals surface area contributed by atoms with Gasteiger partial charge in [-0.3, -0.25) is 4.99 Å². The summed E-state index contributed by atoms with van der Waals surface area (Å²) in [6.45, 7) is 9.31. The molecule has 0 saturated heterocycles. The molecular formula is C14H26N2S. The van der Waals surface area contributed by atoms with Crippen LogP contribution in [0, 0.1) is 11.3 Å². The van der Waals surface area contributed by atoms with Gasteiger partial charge in [0, 0.05) is 11.8 Å². The monoisotopic (exact) mass is 254 g/mol. The molecule has 1 saturated carbocycles. The van der Waals surface area contributed by atoms with Crippen LogP contribution in [0.1, 0.15) is 53.4 Å². The number of amidine groups is 1. The van der Waals surface area contributed by atoms with Crippen molar-refractivity contribution in [3.8, 4) is 0 Å². The zero-order valence-corrected chi connectivity index (χ0v) is 12.4. The Morgan fingerprint density at radius 3 is 2.71 bits per heavy atom. The van der Waals surface area contributed by atoms with Crippen molar-refractivity contribution in [1.82, 2.24) is 5.32 Å². The third kappa shape index (κ3) is 3.64. The van der Waals surface area contributed by atoms with E-state index in [2.05, 4.69) is 33.0 Å². The average Bonchev–Trinajstić information content (AvgIpc) is 2.58. The summed E-state index contributed by atoms with van der Waals surface area (Å²) in [4.78, 5) is 4.86. The molecule has 0 aromatic carbocycles. The molecule has 2 aliphatic rings. The lowest BCUT2D eigenvalue weighted by atomic mass is 9.92. The van der Waals surface area contributed by atoms with E-state index in [0.29, 0.717) is 23.4 Å². The molecule has 2 rings (SSSR count). The number of hydrogen-bond donors (Lipinski definition) is 1. The Morgan fingerprint density at radius 1 is 1.35 bits per heavy atom. The average molecular weight is 254 g/mol. The van der Waals surface area contributed by atoms with Crippen molar-refractivity contribution in [2.45, 2.75) is 65.5 Å². The van der Waals surface area contributed by atoms with Crippen LogP contribution in [0.25, 0.3) is 0 Å². The van der Waals surface area contributed by atoms with Gasteiger partial charge in [0.25, 0.3) is 0 Å². The largest absolute Gasteiger partial charge is 0.362 e. The normalized spacial score (nSPS) is 32.6. The van der Waals surface area contributed by atoms with Gasteiger partial charge < -0.3 is 5.32 Å². The topological polar surface area (TPSA) is 24.4 Å². The van der Waals surface area contributed by atoms with Crippen molar-refractivity contribution in [2.75, 3.05) is 5.75 Å². The van der Waals surface area contributed by atoms with Crippen molar-refractivity contribution < 1.29 is 0 Å². The summed E-state index contributed by atoms with van der Waals surface area (Å²) < 4.78 is 0. The van der Waals surface area contributed by atoms with E-state index < -0.39 is 0 Å². The lowest BCUT2D eigenvalue weighted by molar-refractivity contribution is 0.372. The van der Waals surface area contributed by atoms with Gasteiger partial charge in [-0.25, -0.2) is 0 Å². The summed E-state index contributed by atoms with van der Waals surface area (Å²) in [5.74, 6) is 1.90. The highest BCUT2D eigenvalue weighted by Gasteiger charge is 2.32. The van der Waals surface area contributed by atoms with Gasteiger partial charge in [0.1, 0.15) is 0 Å².